The number of fused-ring (bicyclic) bond motifs is 1. The van der Waals surface area contributed by atoms with Crippen LogP contribution < -0.4 is 16.0 Å². The van der Waals surface area contributed by atoms with Crippen LogP contribution in [0.2, 0.25) is 0 Å². The molecule has 0 aliphatic carbocycles. The van der Waals surface area contributed by atoms with Crippen LogP contribution in [0.15, 0.2) is 58.3 Å². The van der Waals surface area contributed by atoms with Gasteiger partial charge in [-0.05, 0) is 83.1 Å². The Bertz CT molecular complexity index is 1360. The van der Waals surface area contributed by atoms with Crippen molar-refractivity contribution in [2.45, 2.75) is 6.92 Å². The summed E-state index contributed by atoms with van der Waals surface area (Å²) in [6.45, 7) is 2.04. The number of hydrogen-bond donors (Lipinski definition) is 0. The Balaban J connectivity index is 2.17. The van der Waals surface area contributed by atoms with Crippen LogP contribution in [0.1, 0.15) is 5.56 Å². The lowest BCUT2D eigenvalue weighted by Gasteiger charge is -2.13. The van der Waals surface area contributed by atoms with E-state index in [2.05, 4.69) is 28.7 Å². The van der Waals surface area contributed by atoms with Crippen LogP contribution in [-0.2, 0) is 14.1 Å². The zero-order valence-electron chi connectivity index (χ0n) is 16.6. The molecule has 0 radical (unpaired) electrons. The SMILES string of the molecule is COc1ccc(-c2c3c(=O)n(C)c(=O)n(C)c3cn2-c2ccc(I)cc2C)cc1. The molecule has 6 nitrogen and oxygen atoms in total. The fourth-order valence-electron chi connectivity index (χ4n) is 3.65. The number of ether oxygens (including phenoxy) is 1. The van der Waals surface area contributed by atoms with Gasteiger partial charge in [0.2, 0.25) is 0 Å². The first-order valence-electron chi connectivity index (χ1n) is 9.05. The van der Waals surface area contributed by atoms with Gasteiger partial charge in [-0.1, -0.05) is 0 Å². The summed E-state index contributed by atoms with van der Waals surface area (Å²) >= 11 is 2.28. The van der Waals surface area contributed by atoms with E-state index in [1.54, 1.807) is 14.2 Å². The van der Waals surface area contributed by atoms with Gasteiger partial charge in [0.05, 0.1) is 23.7 Å². The molecule has 29 heavy (non-hydrogen) atoms. The molecule has 0 atom stereocenters. The van der Waals surface area contributed by atoms with Crippen molar-refractivity contribution in [2.75, 3.05) is 7.11 Å². The fraction of sp³-hybridized carbons (Fsp3) is 0.182. The minimum Gasteiger partial charge on any atom is -0.497 e. The molecule has 0 spiro atoms. The predicted molar refractivity (Wildman–Crippen MR) is 123 cm³/mol. The Labute approximate surface area is 181 Å². The molecule has 0 saturated carbocycles. The second-order valence-electron chi connectivity index (χ2n) is 6.97. The van der Waals surface area contributed by atoms with E-state index in [0.717, 1.165) is 36.4 Å². The molecular weight excluding hydrogens is 481 g/mol. The summed E-state index contributed by atoms with van der Waals surface area (Å²) in [7, 11) is 4.82. The van der Waals surface area contributed by atoms with Crippen LogP contribution in [-0.4, -0.2) is 20.8 Å². The molecule has 0 N–H and O–H groups in total. The molecule has 0 fully saturated rings. The van der Waals surface area contributed by atoms with E-state index in [9.17, 15) is 9.59 Å². The monoisotopic (exact) mass is 501 g/mol. The number of aryl methyl sites for hydroxylation is 2. The highest BCUT2D eigenvalue weighted by molar-refractivity contribution is 14.1. The molecule has 2 aromatic carbocycles. The van der Waals surface area contributed by atoms with E-state index < -0.39 is 0 Å². The van der Waals surface area contributed by atoms with Gasteiger partial charge in [0.25, 0.3) is 5.56 Å². The number of methoxy groups -OCH3 is 1. The maximum atomic E-state index is 13.1. The van der Waals surface area contributed by atoms with Crippen molar-refractivity contribution in [1.82, 2.24) is 13.7 Å². The second kappa shape index (κ2) is 7.22. The molecule has 2 heterocycles. The Morgan fingerprint density at radius 1 is 0.966 bits per heavy atom. The van der Waals surface area contributed by atoms with E-state index in [1.165, 1.54) is 11.6 Å². The van der Waals surface area contributed by atoms with Crippen LogP contribution in [0.25, 0.3) is 27.8 Å². The molecule has 0 aliphatic rings. The lowest BCUT2D eigenvalue weighted by atomic mass is 10.1. The normalized spacial score (nSPS) is 11.2. The summed E-state index contributed by atoms with van der Waals surface area (Å²) in [6.07, 6.45) is 1.87. The first kappa shape index (κ1) is 19.5. The van der Waals surface area contributed by atoms with Gasteiger partial charge in [0.1, 0.15) is 5.75 Å². The zero-order valence-corrected chi connectivity index (χ0v) is 18.7. The van der Waals surface area contributed by atoms with Crippen molar-refractivity contribution in [3.8, 4) is 22.7 Å². The third-order valence-corrected chi connectivity index (χ3v) is 5.89. The molecule has 2 aromatic heterocycles. The molecular formula is C22H20IN3O3. The van der Waals surface area contributed by atoms with Crippen molar-refractivity contribution in [3.63, 3.8) is 0 Å². The topological polar surface area (TPSA) is 58.2 Å². The van der Waals surface area contributed by atoms with E-state index in [0.29, 0.717) is 10.9 Å². The van der Waals surface area contributed by atoms with Crippen LogP contribution >= 0.6 is 22.6 Å². The summed E-state index contributed by atoms with van der Waals surface area (Å²) in [4.78, 5) is 25.6. The average molecular weight is 501 g/mol. The minimum atomic E-state index is -0.347. The van der Waals surface area contributed by atoms with Crippen molar-refractivity contribution < 1.29 is 4.74 Å². The van der Waals surface area contributed by atoms with Crippen molar-refractivity contribution in [3.05, 3.63) is 78.6 Å². The van der Waals surface area contributed by atoms with Gasteiger partial charge in [0, 0.05) is 29.5 Å². The number of hydrogen-bond acceptors (Lipinski definition) is 3. The summed E-state index contributed by atoms with van der Waals surface area (Å²) in [5, 5.41) is 0.512. The number of nitrogens with zero attached hydrogens (tertiary/aromatic N) is 3. The Morgan fingerprint density at radius 3 is 2.28 bits per heavy atom. The van der Waals surface area contributed by atoms with Crippen LogP contribution in [0.5, 0.6) is 5.75 Å². The van der Waals surface area contributed by atoms with Crippen LogP contribution in [0, 0.1) is 10.5 Å². The number of benzene rings is 2. The molecule has 0 amide bonds. The van der Waals surface area contributed by atoms with E-state index in [-0.39, 0.29) is 11.2 Å². The zero-order chi connectivity index (χ0) is 20.9. The highest BCUT2D eigenvalue weighted by atomic mass is 127. The van der Waals surface area contributed by atoms with Gasteiger partial charge >= 0.3 is 5.69 Å². The maximum Gasteiger partial charge on any atom is 0.330 e. The van der Waals surface area contributed by atoms with Gasteiger partial charge in [0.15, 0.2) is 0 Å². The third kappa shape index (κ3) is 3.09. The minimum absolute atomic E-state index is 0.309. The molecule has 0 bridgehead atoms. The Morgan fingerprint density at radius 2 is 1.66 bits per heavy atom. The second-order valence-corrected chi connectivity index (χ2v) is 8.22. The van der Waals surface area contributed by atoms with Gasteiger partial charge in [-0.25, -0.2) is 4.79 Å². The Kier molecular flexibility index (Phi) is 4.85. The van der Waals surface area contributed by atoms with Gasteiger partial charge in [-0.15, -0.1) is 0 Å². The predicted octanol–water partition coefficient (Wildman–Crippen LogP) is 3.62. The molecule has 7 heteroatoms. The third-order valence-electron chi connectivity index (χ3n) is 5.22. The van der Waals surface area contributed by atoms with Crippen molar-refractivity contribution in [2.24, 2.45) is 14.1 Å². The lowest BCUT2D eigenvalue weighted by molar-refractivity contribution is 0.415. The summed E-state index contributed by atoms with van der Waals surface area (Å²) < 4.78 is 11.1. The van der Waals surface area contributed by atoms with Crippen molar-refractivity contribution >= 4 is 33.5 Å². The molecule has 0 aliphatic heterocycles. The van der Waals surface area contributed by atoms with Gasteiger partial charge in [-0.3, -0.25) is 13.9 Å². The number of halogens is 1. The average Bonchev–Trinajstić information content (AvgIpc) is 3.11. The largest absolute Gasteiger partial charge is 0.497 e. The van der Waals surface area contributed by atoms with E-state index >= 15 is 0 Å². The molecule has 4 aromatic rings. The molecule has 148 valence electrons. The highest BCUT2D eigenvalue weighted by Gasteiger charge is 2.21. The summed E-state index contributed by atoms with van der Waals surface area (Å²) in [5.74, 6) is 0.738. The summed E-state index contributed by atoms with van der Waals surface area (Å²) in [5.41, 5.74) is 3.60. The van der Waals surface area contributed by atoms with Crippen molar-refractivity contribution in [1.29, 1.82) is 0 Å². The lowest BCUT2D eigenvalue weighted by Crippen LogP contribution is -2.36. The van der Waals surface area contributed by atoms with Crippen LogP contribution in [0.3, 0.4) is 0 Å². The molecule has 4 rings (SSSR count). The fourth-order valence-corrected chi connectivity index (χ4v) is 4.30. The molecule has 0 saturated heterocycles. The number of aromatic nitrogens is 3. The van der Waals surface area contributed by atoms with E-state index in [4.69, 9.17) is 4.74 Å². The summed E-state index contributed by atoms with van der Waals surface area (Å²) in [6, 6.07) is 13.7. The maximum absolute atomic E-state index is 13.1. The van der Waals surface area contributed by atoms with E-state index in [1.807, 2.05) is 54.1 Å². The van der Waals surface area contributed by atoms with Gasteiger partial charge in [-0.2, -0.15) is 0 Å². The molecule has 0 unspecified atom stereocenters. The standard InChI is InChI=1S/C22H20IN3O3/c1-13-11-15(23)7-10-17(13)26-12-18-19(21(27)25(3)22(28)24(18)2)20(26)14-5-8-16(29-4)9-6-14/h5-12H,1-4H3. The quantitative estimate of drug-likeness (QED) is 0.403. The van der Waals surface area contributed by atoms with Gasteiger partial charge < -0.3 is 9.30 Å². The number of rotatable bonds is 3. The Hall–Kier alpha value is -2.81. The first-order chi connectivity index (χ1) is 13.8. The first-order valence-corrected chi connectivity index (χ1v) is 10.1. The highest BCUT2D eigenvalue weighted by Crippen LogP contribution is 2.33. The van der Waals surface area contributed by atoms with Crippen LogP contribution in [0.4, 0.5) is 0 Å². The smallest absolute Gasteiger partial charge is 0.330 e.